The number of hydrogen-bond donors (Lipinski definition) is 2. The van der Waals surface area contributed by atoms with E-state index in [4.69, 9.17) is 5.73 Å². The molecule has 0 aromatic carbocycles. The van der Waals surface area contributed by atoms with Crippen molar-refractivity contribution in [3.8, 4) is 0 Å². The number of ketones is 1. The van der Waals surface area contributed by atoms with Crippen LogP contribution in [-0.2, 0) is 9.59 Å². The maximum Gasteiger partial charge on any atom is 0.217 e. The number of nitrogens with one attached hydrogen (secondary N) is 1. The first-order valence-electron chi connectivity index (χ1n) is 7.42. The number of carbonyl (C=O) groups is 2. The second-order valence-electron chi connectivity index (χ2n) is 5.57. The number of Topliss-reactive ketones (excluding diaryl/α,β-unsaturated/α-hetero) is 1. The van der Waals surface area contributed by atoms with E-state index in [9.17, 15) is 9.59 Å². The van der Waals surface area contributed by atoms with Gasteiger partial charge in [-0.3, -0.25) is 9.59 Å². The molecule has 2 atom stereocenters. The Hall–Kier alpha value is -0.900. The van der Waals surface area contributed by atoms with E-state index in [0.29, 0.717) is 13.0 Å². The van der Waals surface area contributed by atoms with E-state index in [1.165, 1.54) is 6.92 Å². The maximum absolute atomic E-state index is 12.7. The van der Waals surface area contributed by atoms with Gasteiger partial charge >= 0.3 is 0 Å². The second-order valence-corrected chi connectivity index (χ2v) is 5.57. The van der Waals surface area contributed by atoms with Crippen LogP contribution in [-0.4, -0.2) is 24.3 Å². The molecule has 0 saturated heterocycles. The van der Waals surface area contributed by atoms with E-state index in [-0.39, 0.29) is 23.1 Å². The summed E-state index contributed by atoms with van der Waals surface area (Å²) in [7, 11) is 0. The predicted molar refractivity (Wildman–Crippen MR) is 78.8 cm³/mol. The van der Waals surface area contributed by atoms with E-state index in [2.05, 4.69) is 12.2 Å². The Bertz CT molecular complexity index is 292. The van der Waals surface area contributed by atoms with E-state index < -0.39 is 0 Å². The summed E-state index contributed by atoms with van der Waals surface area (Å²) in [5.41, 5.74) is 5.15. The zero-order chi connectivity index (χ0) is 14.9. The molecule has 0 bridgehead atoms. The van der Waals surface area contributed by atoms with Gasteiger partial charge in [0.25, 0.3) is 0 Å². The molecule has 0 aromatic rings. The Morgan fingerprint density at radius 1 is 1.26 bits per heavy atom. The van der Waals surface area contributed by atoms with Gasteiger partial charge in [-0.15, -0.1) is 0 Å². The van der Waals surface area contributed by atoms with Crippen LogP contribution in [0.1, 0.15) is 66.2 Å². The van der Waals surface area contributed by atoms with Gasteiger partial charge in [0.15, 0.2) is 5.78 Å². The lowest BCUT2D eigenvalue weighted by Crippen LogP contribution is -2.46. The third-order valence-corrected chi connectivity index (χ3v) is 3.82. The number of hydrogen-bond acceptors (Lipinski definition) is 3. The molecule has 0 fully saturated rings. The van der Waals surface area contributed by atoms with Crippen LogP contribution in [0, 0.1) is 5.41 Å². The number of nitrogens with two attached hydrogens (primary N) is 1. The van der Waals surface area contributed by atoms with Crippen molar-refractivity contribution in [3.63, 3.8) is 0 Å². The molecule has 0 aromatic heterocycles. The number of carbonyl (C=O) groups excluding carboxylic acids is 2. The van der Waals surface area contributed by atoms with Crippen LogP contribution in [0.2, 0.25) is 0 Å². The molecule has 19 heavy (non-hydrogen) atoms. The topological polar surface area (TPSA) is 72.2 Å². The van der Waals surface area contributed by atoms with Crippen LogP contribution in [0.25, 0.3) is 0 Å². The van der Waals surface area contributed by atoms with Crippen molar-refractivity contribution < 1.29 is 9.59 Å². The Balaban J connectivity index is 4.80. The third kappa shape index (κ3) is 6.19. The average molecular weight is 270 g/mol. The van der Waals surface area contributed by atoms with Crippen LogP contribution in [0.5, 0.6) is 0 Å². The summed E-state index contributed by atoms with van der Waals surface area (Å²) in [6.07, 6.45) is 5.11. The monoisotopic (exact) mass is 270 g/mol. The van der Waals surface area contributed by atoms with Crippen LogP contribution in [0.3, 0.4) is 0 Å². The minimum atomic E-state index is -0.361. The molecule has 0 radical (unpaired) electrons. The number of amides is 1. The largest absolute Gasteiger partial charge is 0.347 e. The average Bonchev–Trinajstić information content (AvgIpc) is 2.36. The predicted octanol–water partition coefficient (Wildman–Crippen LogP) is 2.41. The SMILES string of the molecule is CCCC(C)(CC)C(=O)C(CCCCN)NC(C)=O. The van der Waals surface area contributed by atoms with E-state index in [1.54, 1.807) is 0 Å². The lowest BCUT2D eigenvalue weighted by atomic mass is 9.75. The van der Waals surface area contributed by atoms with Gasteiger partial charge in [0.05, 0.1) is 6.04 Å². The summed E-state index contributed by atoms with van der Waals surface area (Å²) < 4.78 is 0. The van der Waals surface area contributed by atoms with Gasteiger partial charge in [-0.25, -0.2) is 0 Å². The number of unbranched alkanes of at least 4 members (excludes halogenated alkanes) is 1. The number of rotatable bonds is 10. The van der Waals surface area contributed by atoms with Crippen molar-refractivity contribution in [2.45, 2.75) is 72.3 Å². The molecule has 2 unspecified atom stereocenters. The van der Waals surface area contributed by atoms with Crippen molar-refractivity contribution in [1.82, 2.24) is 5.32 Å². The highest BCUT2D eigenvalue weighted by Gasteiger charge is 2.35. The molecule has 0 rings (SSSR count). The molecule has 0 aliphatic carbocycles. The lowest BCUT2D eigenvalue weighted by molar-refractivity contribution is -0.134. The quantitative estimate of drug-likeness (QED) is 0.599. The van der Waals surface area contributed by atoms with Crippen LogP contribution in [0.15, 0.2) is 0 Å². The first kappa shape index (κ1) is 18.1. The smallest absolute Gasteiger partial charge is 0.217 e. The zero-order valence-corrected chi connectivity index (χ0v) is 12.9. The standard InChI is InChI=1S/C15H30N2O2/c1-5-10-15(4,6-2)14(19)13(17-12(3)18)9-7-8-11-16/h13H,5-11,16H2,1-4H3,(H,17,18). The highest BCUT2D eigenvalue weighted by Crippen LogP contribution is 2.30. The summed E-state index contributed by atoms with van der Waals surface area (Å²) in [6, 6.07) is -0.361. The summed E-state index contributed by atoms with van der Waals surface area (Å²) in [4.78, 5) is 23.9. The van der Waals surface area contributed by atoms with E-state index in [0.717, 1.165) is 32.1 Å². The van der Waals surface area contributed by atoms with Crippen molar-refractivity contribution >= 4 is 11.7 Å². The Labute approximate surface area is 117 Å². The van der Waals surface area contributed by atoms with Crippen LogP contribution in [0.4, 0.5) is 0 Å². The van der Waals surface area contributed by atoms with Gasteiger partial charge in [0, 0.05) is 12.3 Å². The van der Waals surface area contributed by atoms with Gasteiger partial charge in [0.1, 0.15) is 0 Å². The molecule has 0 spiro atoms. The van der Waals surface area contributed by atoms with Crippen LogP contribution >= 0.6 is 0 Å². The fourth-order valence-corrected chi connectivity index (χ4v) is 2.45. The molecular weight excluding hydrogens is 240 g/mol. The molecule has 0 aliphatic rings. The second kappa shape index (κ2) is 9.08. The molecular formula is C15H30N2O2. The first-order chi connectivity index (χ1) is 8.91. The minimum Gasteiger partial charge on any atom is -0.347 e. The molecule has 4 nitrogen and oxygen atoms in total. The van der Waals surface area contributed by atoms with Crippen molar-refractivity contribution in [2.24, 2.45) is 11.1 Å². The molecule has 0 heterocycles. The van der Waals surface area contributed by atoms with Gasteiger partial charge in [-0.05, 0) is 38.6 Å². The van der Waals surface area contributed by atoms with Crippen molar-refractivity contribution in [1.29, 1.82) is 0 Å². The van der Waals surface area contributed by atoms with Gasteiger partial charge in [-0.2, -0.15) is 0 Å². The molecule has 1 amide bonds. The van der Waals surface area contributed by atoms with Gasteiger partial charge < -0.3 is 11.1 Å². The summed E-state index contributed by atoms with van der Waals surface area (Å²) in [5.74, 6) is 0.0325. The fourth-order valence-electron chi connectivity index (χ4n) is 2.45. The highest BCUT2D eigenvalue weighted by molar-refractivity contribution is 5.92. The third-order valence-electron chi connectivity index (χ3n) is 3.82. The van der Waals surface area contributed by atoms with Crippen molar-refractivity contribution in [3.05, 3.63) is 0 Å². The Morgan fingerprint density at radius 2 is 1.89 bits per heavy atom. The molecule has 0 aliphatic heterocycles. The Morgan fingerprint density at radius 3 is 2.32 bits per heavy atom. The summed E-state index contributed by atoms with van der Waals surface area (Å²) >= 11 is 0. The normalized spacial score (nSPS) is 15.6. The Kier molecular flexibility index (Phi) is 8.65. The van der Waals surface area contributed by atoms with E-state index >= 15 is 0 Å². The highest BCUT2D eigenvalue weighted by atomic mass is 16.2. The minimum absolute atomic E-state index is 0.138. The molecule has 0 saturated carbocycles. The summed E-state index contributed by atoms with van der Waals surface area (Å²) in [5, 5.41) is 2.81. The molecule has 3 N–H and O–H groups in total. The van der Waals surface area contributed by atoms with Crippen LogP contribution < -0.4 is 11.1 Å². The zero-order valence-electron chi connectivity index (χ0n) is 12.9. The maximum atomic E-state index is 12.7. The molecule has 4 heteroatoms. The summed E-state index contributed by atoms with van der Waals surface area (Å²) in [6.45, 7) is 8.23. The first-order valence-corrected chi connectivity index (χ1v) is 7.42. The van der Waals surface area contributed by atoms with Gasteiger partial charge in [0.2, 0.25) is 5.91 Å². The van der Waals surface area contributed by atoms with Gasteiger partial charge in [-0.1, -0.05) is 27.2 Å². The lowest BCUT2D eigenvalue weighted by Gasteiger charge is -2.31. The van der Waals surface area contributed by atoms with E-state index in [1.807, 2.05) is 13.8 Å². The fraction of sp³-hybridized carbons (Fsp3) is 0.867. The molecule has 112 valence electrons. The van der Waals surface area contributed by atoms with Crippen molar-refractivity contribution in [2.75, 3.05) is 6.54 Å².